The molecule has 108 valence electrons. The number of anilines is 1. The van der Waals surface area contributed by atoms with Crippen molar-refractivity contribution in [1.82, 2.24) is 10.3 Å². The molecule has 1 aromatic heterocycles. The van der Waals surface area contributed by atoms with Gasteiger partial charge in [0.25, 0.3) is 0 Å². The molecule has 1 saturated heterocycles. The van der Waals surface area contributed by atoms with Crippen LogP contribution in [-0.2, 0) is 4.79 Å². The molecule has 1 amide bonds. The number of amides is 1. The Bertz CT molecular complexity index is 809. The fourth-order valence-electron chi connectivity index (χ4n) is 2.60. The van der Waals surface area contributed by atoms with Gasteiger partial charge < -0.3 is 5.32 Å². The third kappa shape index (κ3) is 2.50. The van der Waals surface area contributed by atoms with E-state index in [0.29, 0.717) is 12.4 Å². The van der Waals surface area contributed by atoms with Crippen LogP contribution >= 0.6 is 0 Å². The summed E-state index contributed by atoms with van der Waals surface area (Å²) in [6.45, 7) is 1.40. The number of nitrogens with one attached hydrogen (secondary N) is 1. The highest BCUT2D eigenvalue weighted by molar-refractivity contribution is 5.98. The fraction of sp³-hybridized carbons (Fsp3) is 0.235. The summed E-state index contributed by atoms with van der Waals surface area (Å²) in [6.07, 6.45) is 9.74. The highest BCUT2D eigenvalue weighted by atomic mass is 16.2. The minimum atomic E-state index is -0.215. The van der Waals surface area contributed by atoms with Crippen LogP contribution in [0.5, 0.6) is 0 Å². The summed E-state index contributed by atoms with van der Waals surface area (Å²) < 4.78 is 0. The lowest BCUT2D eigenvalue weighted by molar-refractivity contribution is -0.121. The molecule has 1 atom stereocenters. The summed E-state index contributed by atoms with van der Waals surface area (Å²) in [5, 5.41) is 14.2. The molecule has 1 fully saturated rings. The molecule has 5 nitrogen and oxygen atoms in total. The van der Waals surface area contributed by atoms with Crippen molar-refractivity contribution >= 4 is 22.5 Å². The summed E-state index contributed by atoms with van der Waals surface area (Å²) in [7, 11) is 0. The molecule has 22 heavy (non-hydrogen) atoms. The Kier molecular flexibility index (Phi) is 3.74. The van der Waals surface area contributed by atoms with Gasteiger partial charge in [-0.25, -0.2) is 4.98 Å². The summed E-state index contributed by atoms with van der Waals surface area (Å²) in [5.41, 5.74) is 0.750. The van der Waals surface area contributed by atoms with E-state index in [1.807, 2.05) is 24.4 Å². The minimum absolute atomic E-state index is 0.172. The fourth-order valence-corrected chi connectivity index (χ4v) is 2.60. The lowest BCUT2D eigenvalue weighted by Crippen LogP contribution is -2.34. The van der Waals surface area contributed by atoms with Crippen LogP contribution in [0.15, 0.2) is 30.5 Å². The molecule has 3 rings (SSSR count). The van der Waals surface area contributed by atoms with Crippen molar-refractivity contribution < 1.29 is 4.79 Å². The quantitative estimate of drug-likeness (QED) is 0.518. The molecule has 1 aliphatic heterocycles. The van der Waals surface area contributed by atoms with Crippen molar-refractivity contribution in [3.8, 4) is 18.5 Å². The maximum Gasteiger partial charge on any atom is 0.246 e. The molecule has 2 aromatic rings. The predicted octanol–water partition coefficient (Wildman–Crippen LogP) is 1.64. The monoisotopic (exact) mass is 290 g/mol. The molecule has 0 unspecified atom stereocenters. The molecule has 0 saturated carbocycles. The number of fused-ring (bicyclic) bond motifs is 1. The first-order valence-electron chi connectivity index (χ1n) is 7.04. The van der Waals surface area contributed by atoms with Gasteiger partial charge in [-0.2, -0.15) is 10.2 Å². The molecule has 5 heteroatoms. The molecule has 0 bridgehead atoms. The highest BCUT2D eigenvalue weighted by Gasteiger charge is 2.28. The zero-order valence-corrected chi connectivity index (χ0v) is 11.9. The Labute approximate surface area is 128 Å². The van der Waals surface area contributed by atoms with Crippen LogP contribution in [0, 0.1) is 29.7 Å². The second-order valence-corrected chi connectivity index (χ2v) is 5.21. The predicted molar refractivity (Wildman–Crippen MR) is 83.8 cm³/mol. The molecule has 2 heterocycles. The van der Waals surface area contributed by atoms with Crippen molar-refractivity contribution in [1.29, 1.82) is 5.26 Å². The van der Waals surface area contributed by atoms with Crippen LogP contribution in [0.25, 0.3) is 10.8 Å². The normalized spacial score (nSPS) is 16.9. The number of terminal acetylenes is 1. The van der Waals surface area contributed by atoms with Gasteiger partial charge in [-0.15, -0.1) is 6.42 Å². The summed E-state index contributed by atoms with van der Waals surface area (Å²) in [4.78, 5) is 17.7. The topological polar surface area (TPSA) is 69.0 Å². The van der Waals surface area contributed by atoms with Gasteiger partial charge in [0, 0.05) is 23.7 Å². The number of nitrogens with zero attached hydrogens (tertiary/aromatic N) is 3. The number of hydrogen-bond donors (Lipinski definition) is 1. The van der Waals surface area contributed by atoms with Crippen LogP contribution in [0.1, 0.15) is 12.0 Å². The van der Waals surface area contributed by atoms with Crippen LogP contribution < -0.4 is 10.2 Å². The van der Waals surface area contributed by atoms with Crippen molar-refractivity contribution in [2.75, 3.05) is 18.0 Å². The number of carbonyl (C=O) groups is 1. The van der Waals surface area contributed by atoms with E-state index >= 15 is 0 Å². The van der Waals surface area contributed by atoms with Gasteiger partial charge in [0.05, 0.1) is 5.92 Å². The van der Waals surface area contributed by atoms with E-state index in [1.165, 1.54) is 0 Å². The van der Waals surface area contributed by atoms with Crippen LogP contribution in [-0.4, -0.2) is 24.0 Å². The van der Waals surface area contributed by atoms with E-state index in [4.69, 9.17) is 6.42 Å². The number of rotatable bonds is 2. The molecule has 1 N–H and O–H groups in total. The van der Waals surface area contributed by atoms with Gasteiger partial charge in [0.15, 0.2) is 6.19 Å². The third-order valence-corrected chi connectivity index (χ3v) is 3.83. The Balaban J connectivity index is 1.98. The van der Waals surface area contributed by atoms with E-state index in [0.717, 1.165) is 34.2 Å². The number of hydrogen-bond acceptors (Lipinski definition) is 4. The van der Waals surface area contributed by atoms with E-state index < -0.39 is 0 Å². The van der Waals surface area contributed by atoms with Gasteiger partial charge >= 0.3 is 0 Å². The van der Waals surface area contributed by atoms with E-state index in [9.17, 15) is 10.1 Å². The molecule has 0 aliphatic carbocycles. The zero-order valence-electron chi connectivity index (χ0n) is 11.9. The summed E-state index contributed by atoms with van der Waals surface area (Å²) in [6, 6.07) is 7.28. The summed E-state index contributed by atoms with van der Waals surface area (Å²) in [5.74, 6) is 2.52. The van der Waals surface area contributed by atoms with E-state index in [2.05, 4.69) is 16.2 Å². The highest BCUT2D eigenvalue weighted by Crippen LogP contribution is 2.22. The Morgan fingerprint density at radius 1 is 1.41 bits per heavy atom. The van der Waals surface area contributed by atoms with E-state index in [1.54, 1.807) is 12.3 Å². The van der Waals surface area contributed by atoms with Crippen LogP contribution in [0.2, 0.25) is 0 Å². The van der Waals surface area contributed by atoms with Crippen LogP contribution in [0.4, 0.5) is 5.82 Å². The maximum atomic E-state index is 12.4. The van der Waals surface area contributed by atoms with Crippen molar-refractivity contribution in [2.24, 2.45) is 5.92 Å². The van der Waals surface area contributed by atoms with Gasteiger partial charge in [-0.05, 0) is 36.6 Å². The molecule has 1 aliphatic rings. The third-order valence-electron chi connectivity index (χ3n) is 3.83. The van der Waals surface area contributed by atoms with Gasteiger partial charge in [-0.3, -0.25) is 4.79 Å². The van der Waals surface area contributed by atoms with Gasteiger partial charge in [0.2, 0.25) is 5.91 Å². The van der Waals surface area contributed by atoms with Crippen molar-refractivity contribution in [3.05, 3.63) is 36.0 Å². The first-order valence-corrected chi connectivity index (χ1v) is 7.04. The maximum absolute atomic E-state index is 12.4. The smallest absolute Gasteiger partial charge is 0.246 e. The SMILES string of the molecule is C#Cc1ccc2cnc(N(C#N)C(=O)[C@H]3CCNC3)cc2c1. The first-order chi connectivity index (χ1) is 10.7. The van der Waals surface area contributed by atoms with Crippen molar-refractivity contribution in [2.45, 2.75) is 6.42 Å². The van der Waals surface area contributed by atoms with Gasteiger partial charge in [0.1, 0.15) is 5.82 Å². The number of benzene rings is 1. The zero-order chi connectivity index (χ0) is 15.5. The molecule has 0 radical (unpaired) electrons. The number of carbonyl (C=O) groups excluding carboxylic acids is 1. The minimum Gasteiger partial charge on any atom is -0.316 e. The lowest BCUT2D eigenvalue weighted by atomic mass is 10.1. The number of pyridine rings is 1. The second kappa shape index (κ2) is 5.85. The molecular formula is C17H14N4O. The number of aromatic nitrogens is 1. The molecule has 0 spiro atoms. The summed E-state index contributed by atoms with van der Waals surface area (Å²) >= 11 is 0. The molecule has 1 aromatic carbocycles. The molecular weight excluding hydrogens is 276 g/mol. The Hall–Kier alpha value is -2.89. The Morgan fingerprint density at radius 3 is 2.95 bits per heavy atom. The lowest BCUT2D eigenvalue weighted by Gasteiger charge is -2.16. The Morgan fingerprint density at radius 2 is 2.27 bits per heavy atom. The van der Waals surface area contributed by atoms with Crippen LogP contribution in [0.3, 0.4) is 0 Å². The average molecular weight is 290 g/mol. The number of nitriles is 1. The largest absolute Gasteiger partial charge is 0.316 e. The van der Waals surface area contributed by atoms with Crippen molar-refractivity contribution in [3.63, 3.8) is 0 Å². The van der Waals surface area contributed by atoms with E-state index in [-0.39, 0.29) is 11.8 Å². The average Bonchev–Trinajstić information content (AvgIpc) is 3.09. The second-order valence-electron chi connectivity index (χ2n) is 5.21. The first kappa shape index (κ1) is 14.1. The van der Waals surface area contributed by atoms with Gasteiger partial charge in [-0.1, -0.05) is 12.0 Å². The standard InChI is InChI=1S/C17H14N4O/c1-2-12-3-4-13-10-20-16(8-15(13)7-12)21(11-18)17(22)14-5-6-19-9-14/h1,3-4,7-8,10,14,19H,5-6,9H2/t14-/m0/s1.